The number of fused-ring (bicyclic) bond motifs is 1. The van der Waals surface area contributed by atoms with Gasteiger partial charge in [0.15, 0.2) is 5.78 Å². The van der Waals surface area contributed by atoms with Crippen LogP contribution >= 0.6 is 0 Å². The molecule has 0 fully saturated rings. The zero-order valence-corrected chi connectivity index (χ0v) is 12.6. The van der Waals surface area contributed by atoms with Crippen molar-refractivity contribution >= 4 is 11.9 Å². The fourth-order valence-corrected chi connectivity index (χ4v) is 2.98. The maximum atomic E-state index is 12.4. The van der Waals surface area contributed by atoms with Gasteiger partial charge in [0.1, 0.15) is 0 Å². The Bertz CT molecular complexity index is 891. The summed E-state index contributed by atoms with van der Waals surface area (Å²) in [5, 5.41) is 4.39. The van der Waals surface area contributed by atoms with Crippen molar-refractivity contribution < 1.29 is 4.79 Å². The molecule has 1 heterocycles. The molecule has 0 unspecified atom stereocenters. The Morgan fingerprint density at radius 3 is 2.65 bits per heavy atom. The predicted molar refractivity (Wildman–Crippen MR) is 90.2 cm³/mol. The highest BCUT2D eigenvalue weighted by atomic mass is 16.1. The lowest BCUT2D eigenvalue weighted by Crippen LogP contribution is -1.99. The van der Waals surface area contributed by atoms with Crippen LogP contribution in [0.25, 0.3) is 6.08 Å². The minimum atomic E-state index is 0.136. The van der Waals surface area contributed by atoms with Crippen molar-refractivity contribution in [1.29, 1.82) is 0 Å². The zero-order valence-electron chi connectivity index (χ0n) is 12.6. The summed E-state index contributed by atoms with van der Waals surface area (Å²) in [5.41, 5.74) is 4.96. The van der Waals surface area contributed by atoms with Crippen LogP contribution in [0.3, 0.4) is 0 Å². The van der Waals surface area contributed by atoms with Crippen LogP contribution in [-0.4, -0.2) is 15.6 Å². The number of hydrogen-bond acceptors (Lipinski definition) is 2. The molecule has 0 atom stereocenters. The number of aromatic nitrogens is 2. The van der Waals surface area contributed by atoms with E-state index in [-0.39, 0.29) is 5.78 Å². The van der Waals surface area contributed by atoms with E-state index in [1.54, 1.807) is 0 Å². The first-order chi connectivity index (χ1) is 11.3. The van der Waals surface area contributed by atoms with Crippen LogP contribution in [0.4, 0.5) is 0 Å². The summed E-state index contributed by atoms with van der Waals surface area (Å²) in [4.78, 5) is 12.4. The zero-order chi connectivity index (χ0) is 15.6. The van der Waals surface area contributed by atoms with Crippen LogP contribution in [0.5, 0.6) is 0 Å². The second-order valence-electron chi connectivity index (χ2n) is 5.79. The van der Waals surface area contributed by atoms with Crippen LogP contribution in [0.15, 0.2) is 72.6 Å². The average molecular weight is 300 g/mol. The molecule has 3 aromatic rings. The molecular formula is C20H16N2O. The summed E-state index contributed by atoms with van der Waals surface area (Å²) in [6.45, 7) is 0.734. The molecule has 0 radical (unpaired) electrons. The van der Waals surface area contributed by atoms with E-state index in [0.29, 0.717) is 6.42 Å². The van der Waals surface area contributed by atoms with Gasteiger partial charge in [-0.05, 0) is 17.2 Å². The van der Waals surface area contributed by atoms with Crippen molar-refractivity contribution in [2.75, 3.05) is 0 Å². The topological polar surface area (TPSA) is 34.9 Å². The van der Waals surface area contributed by atoms with Crippen LogP contribution < -0.4 is 0 Å². The molecule has 23 heavy (non-hydrogen) atoms. The molecule has 0 bridgehead atoms. The van der Waals surface area contributed by atoms with Gasteiger partial charge in [-0.3, -0.25) is 9.48 Å². The van der Waals surface area contributed by atoms with Crippen molar-refractivity contribution in [2.24, 2.45) is 0 Å². The predicted octanol–water partition coefficient (Wildman–Crippen LogP) is 3.75. The minimum absolute atomic E-state index is 0.136. The Morgan fingerprint density at radius 2 is 1.83 bits per heavy atom. The van der Waals surface area contributed by atoms with Crippen LogP contribution in [-0.2, 0) is 13.0 Å². The molecule has 3 nitrogen and oxygen atoms in total. The molecule has 1 aromatic heterocycles. The lowest BCUT2D eigenvalue weighted by Gasteiger charge is -2.00. The van der Waals surface area contributed by atoms with E-state index in [9.17, 15) is 4.79 Å². The number of hydrogen-bond donors (Lipinski definition) is 0. The monoisotopic (exact) mass is 300 g/mol. The molecule has 2 aromatic carbocycles. The van der Waals surface area contributed by atoms with Crippen LogP contribution in [0.1, 0.15) is 27.0 Å². The highest BCUT2D eigenvalue weighted by Crippen LogP contribution is 2.27. The Hall–Kier alpha value is -2.94. The largest absolute Gasteiger partial charge is 0.289 e. The fraction of sp³-hybridized carbons (Fsp3) is 0.100. The summed E-state index contributed by atoms with van der Waals surface area (Å²) < 4.78 is 1.90. The Kier molecular flexibility index (Phi) is 3.39. The number of carbonyl (C=O) groups excluding carboxylic acids is 1. The molecule has 0 spiro atoms. The van der Waals surface area contributed by atoms with Gasteiger partial charge in [0.25, 0.3) is 0 Å². The smallest absolute Gasteiger partial charge is 0.189 e. The van der Waals surface area contributed by atoms with E-state index in [1.165, 1.54) is 5.56 Å². The fourth-order valence-electron chi connectivity index (χ4n) is 2.98. The first-order valence-electron chi connectivity index (χ1n) is 7.69. The highest BCUT2D eigenvalue weighted by molar-refractivity contribution is 6.15. The van der Waals surface area contributed by atoms with Gasteiger partial charge < -0.3 is 0 Å². The lowest BCUT2D eigenvalue weighted by molar-refractivity contribution is 0.104. The Balaban J connectivity index is 1.56. The Morgan fingerprint density at radius 1 is 1.04 bits per heavy atom. The first-order valence-corrected chi connectivity index (χ1v) is 7.69. The summed E-state index contributed by atoms with van der Waals surface area (Å²) in [6, 6.07) is 18.0. The number of ketones is 1. The first kappa shape index (κ1) is 13.7. The number of Topliss-reactive ketones (excluding diaryl/α,β-unsaturated/α-hetero) is 1. The van der Waals surface area contributed by atoms with Gasteiger partial charge in [-0.15, -0.1) is 0 Å². The minimum Gasteiger partial charge on any atom is -0.289 e. The van der Waals surface area contributed by atoms with E-state index >= 15 is 0 Å². The third kappa shape index (κ3) is 2.73. The molecule has 1 aliphatic rings. The second kappa shape index (κ2) is 5.69. The molecular weight excluding hydrogens is 284 g/mol. The molecule has 4 rings (SSSR count). The lowest BCUT2D eigenvalue weighted by atomic mass is 10.1. The standard InChI is InChI=1S/C20H16N2O/c23-20-18(11-17-8-4-5-9-19(17)20)10-16-12-21-22(14-16)13-15-6-2-1-3-7-15/h1-10,12,14H,11,13H2/b18-10-. The van der Waals surface area contributed by atoms with E-state index in [0.717, 1.165) is 28.8 Å². The van der Waals surface area contributed by atoms with E-state index in [2.05, 4.69) is 17.2 Å². The molecule has 0 saturated carbocycles. The van der Waals surface area contributed by atoms with E-state index < -0.39 is 0 Å². The van der Waals surface area contributed by atoms with E-state index in [4.69, 9.17) is 0 Å². The summed E-state index contributed by atoms with van der Waals surface area (Å²) in [6.07, 6.45) is 6.46. The van der Waals surface area contributed by atoms with Gasteiger partial charge in [-0.2, -0.15) is 5.10 Å². The number of nitrogens with zero attached hydrogens (tertiary/aromatic N) is 2. The van der Waals surface area contributed by atoms with Crippen molar-refractivity contribution in [3.63, 3.8) is 0 Å². The van der Waals surface area contributed by atoms with Crippen molar-refractivity contribution in [2.45, 2.75) is 13.0 Å². The van der Waals surface area contributed by atoms with Crippen LogP contribution in [0.2, 0.25) is 0 Å². The molecule has 3 heteroatoms. The second-order valence-corrected chi connectivity index (χ2v) is 5.79. The van der Waals surface area contributed by atoms with E-state index in [1.807, 2.05) is 65.6 Å². The van der Waals surface area contributed by atoms with Crippen molar-refractivity contribution in [1.82, 2.24) is 9.78 Å². The quantitative estimate of drug-likeness (QED) is 0.690. The van der Waals surface area contributed by atoms with Gasteiger partial charge >= 0.3 is 0 Å². The molecule has 0 amide bonds. The third-order valence-corrected chi connectivity index (χ3v) is 4.12. The molecule has 1 aliphatic carbocycles. The van der Waals surface area contributed by atoms with Crippen molar-refractivity contribution in [3.8, 4) is 0 Å². The van der Waals surface area contributed by atoms with Gasteiger partial charge in [0.2, 0.25) is 0 Å². The molecule has 0 aliphatic heterocycles. The van der Waals surface area contributed by atoms with Gasteiger partial charge in [-0.1, -0.05) is 54.6 Å². The summed E-state index contributed by atoms with van der Waals surface area (Å²) in [5.74, 6) is 0.136. The number of carbonyl (C=O) groups is 1. The van der Waals surface area contributed by atoms with Crippen molar-refractivity contribution in [3.05, 3.63) is 94.8 Å². The maximum absolute atomic E-state index is 12.4. The summed E-state index contributed by atoms with van der Waals surface area (Å²) >= 11 is 0. The average Bonchev–Trinajstić information content (AvgIpc) is 3.14. The Labute approximate surface area is 134 Å². The normalized spacial score (nSPS) is 15.1. The molecule has 112 valence electrons. The third-order valence-electron chi connectivity index (χ3n) is 4.12. The number of allylic oxidation sites excluding steroid dienone is 1. The van der Waals surface area contributed by atoms with Gasteiger partial charge in [0, 0.05) is 29.3 Å². The molecule has 0 saturated heterocycles. The molecule has 0 N–H and O–H groups in total. The van der Waals surface area contributed by atoms with Gasteiger partial charge in [-0.25, -0.2) is 0 Å². The van der Waals surface area contributed by atoms with Gasteiger partial charge in [0.05, 0.1) is 12.7 Å². The van der Waals surface area contributed by atoms with Crippen LogP contribution in [0, 0.1) is 0 Å². The number of rotatable bonds is 3. The number of benzene rings is 2. The summed E-state index contributed by atoms with van der Waals surface area (Å²) in [7, 11) is 0. The SMILES string of the molecule is O=C1/C(=C\c2cnn(Cc3ccccc3)c2)Cc2ccccc21. The highest BCUT2D eigenvalue weighted by Gasteiger charge is 2.23. The maximum Gasteiger partial charge on any atom is 0.189 e.